The number of para-hydroxylation sites is 2. The average molecular weight is 340 g/mol. The molecule has 1 aromatic carbocycles. The van der Waals surface area contributed by atoms with Crippen molar-refractivity contribution in [1.29, 1.82) is 0 Å². The van der Waals surface area contributed by atoms with E-state index in [1.54, 1.807) is 18.2 Å². The van der Waals surface area contributed by atoms with Gasteiger partial charge in [0.2, 0.25) is 5.91 Å². The Labute approximate surface area is 148 Å². The normalized spacial score (nSPS) is 12.5. The smallest absolute Gasteiger partial charge is 0.260 e. The first-order chi connectivity index (χ1) is 12.0. The van der Waals surface area contributed by atoms with Gasteiger partial charge < -0.3 is 10.2 Å². The number of aromatic nitrogens is 1. The van der Waals surface area contributed by atoms with Crippen molar-refractivity contribution in [1.82, 2.24) is 4.98 Å². The van der Waals surface area contributed by atoms with Crippen LogP contribution in [-0.4, -0.2) is 37.4 Å². The Hall–Kier alpha value is -2.89. The number of amides is 2. The van der Waals surface area contributed by atoms with Gasteiger partial charge in [-0.1, -0.05) is 32.4 Å². The van der Waals surface area contributed by atoms with E-state index in [1.807, 2.05) is 37.2 Å². The Morgan fingerprint density at radius 3 is 2.48 bits per heavy atom. The number of nitrogens with zero attached hydrogens (tertiary/aromatic N) is 3. The molecule has 0 bridgehead atoms. The molecular formula is C19H24N4O2. The zero-order chi connectivity index (χ0) is 18.4. The van der Waals surface area contributed by atoms with E-state index in [0.29, 0.717) is 16.9 Å². The summed E-state index contributed by atoms with van der Waals surface area (Å²) in [5.74, 6) is 0.332. The van der Waals surface area contributed by atoms with Gasteiger partial charge in [0.25, 0.3) is 5.91 Å². The third-order valence-electron chi connectivity index (χ3n) is 3.47. The van der Waals surface area contributed by atoms with Gasteiger partial charge in [-0.2, -0.15) is 0 Å². The van der Waals surface area contributed by atoms with Gasteiger partial charge in [-0.25, -0.2) is 4.98 Å². The van der Waals surface area contributed by atoms with Gasteiger partial charge >= 0.3 is 0 Å². The highest BCUT2D eigenvalue weighted by molar-refractivity contribution is 6.15. The van der Waals surface area contributed by atoms with E-state index < -0.39 is 0 Å². The number of hydrogen-bond acceptors (Lipinski definition) is 4. The summed E-state index contributed by atoms with van der Waals surface area (Å²) >= 11 is 0. The van der Waals surface area contributed by atoms with Gasteiger partial charge in [-0.05, 0) is 24.3 Å². The molecule has 0 spiro atoms. The van der Waals surface area contributed by atoms with Crippen LogP contribution in [0.1, 0.15) is 30.6 Å². The van der Waals surface area contributed by atoms with Crippen LogP contribution in [0.15, 0.2) is 42.6 Å². The van der Waals surface area contributed by atoms with Crippen molar-refractivity contribution < 1.29 is 9.59 Å². The average Bonchev–Trinajstić information content (AvgIpc) is 2.61. The van der Waals surface area contributed by atoms with Crippen molar-refractivity contribution in [2.24, 2.45) is 0 Å². The predicted octanol–water partition coefficient (Wildman–Crippen LogP) is 3.16. The summed E-state index contributed by atoms with van der Waals surface area (Å²) in [7, 11) is 3.77. The van der Waals surface area contributed by atoms with Crippen LogP contribution in [0.5, 0.6) is 0 Å². The molecule has 0 radical (unpaired) electrons. The maximum atomic E-state index is 12.7. The SMILES string of the molecule is CCC.CN(C)c1ccc(C(=O)N2CC(=O)Nc3ccccc32)cn1. The highest BCUT2D eigenvalue weighted by Crippen LogP contribution is 2.30. The molecule has 1 aliphatic heterocycles. The van der Waals surface area contributed by atoms with Crippen LogP contribution in [0.25, 0.3) is 0 Å². The molecule has 1 aliphatic rings. The molecule has 1 N–H and O–H groups in total. The lowest BCUT2D eigenvalue weighted by Gasteiger charge is -2.29. The fourth-order valence-corrected chi connectivity index (χ4v) is 2.35. The van der Waals surface area contributed by atoms with Crippen molar-refractivity contribution in [3.8, 4) is 0 Å². The summed E-state index contributed by atoms with van der Waals surface area (Å²) in [5, 5.41) is 2.77. The molecule has 132 valence electrons. The summed E-state index contributed by atoms with van der Waals surface area (Å²) in [6.45, 7) is 4.26. The van der Waals surface area contributed by atoms with Crippen molar-refractivity contribution in [2.45, 2.75) is 20.3 Å². The first-order valence-corrected chi connectivity index (χ1v) is 8.32. The lowest BCUT2D eigenvalue weighted by molar-refractivity contribution is -0.115. The standard InChI is InChI=1S/C16H16N4O2.C3H8/c1-19(2)14-8-7-11(9-17-14)16(22)20-10-15(21)18-12-5-3-4-6-13(12)20;1-3-2/h3-9H,10H2,1-2H3,(H,18,21);3H2,1-2H3. The number of pyridine rings is 1. The van der Waals surface area contributed by atoms with Gasteiger partial charge in [-0.15, -0.1) is 0 Å². The van der Waals surface area contributed by atoms with Crippen LogP contribution < -0.4 is 15.1 Å². The number of anilines is 3. The van der Waals surface area contributed by atoms with Crippen molar-refractivity contribution >= 4 is 29.0 Å². The van der Waals surface area contributed by atoms with Crippen molar-refractivity contribution in [3.63, 3.8) is 0 Å². The second-order valence-corrected chi connectivity index (χ2v) is 5.96. The second-order valence-electron chi connectivity index (χ2n) is 5.96. The van der Waals surface area contributed by atoms with Crippen molar-refractivity contribution in [3.05, 3.63) is 48.2 Å². The Kier molecular flexibility index (Phi) is 6.11. The molecule has 2 amide bonds. The van der Waals surface area contributed by atoms with Crippen molar-refractivity contribution in [2.75, 3.05) is 35.8 Å². The van der Waals surface area contributed by atoms with Crippen LogP contribution in [0.4, 0.5) is 17.2 Å². The van der Waals surface area contributed by atoms with E-state index in [-0.39, 0.29) is 18.4 Å². The van der Waals surface area contributed by atoms with E-state index in [2.05, 4.69) is 24.1 Å². The molecule has 0 unspecified atom stereocenters. The summed E-state index contributed by atoms with van der Waals surface area (Å²) in [5.41, 5.74) is 1.80. The molecule has 25 heavy (non-hydrogen) atoms. The Bertz CT molecular complexity index is 741. The molecule has 1 aromatic heterocycles. The van der Waals surface area contributed by atoms with Gasteiger partial charge in [0, 0.05) is 20.3 Å². The minimum Gasteiger partial charge on any atom is -0.363 e. The minimum absolute atomic E-state index is 0.00524. The predicted molar refractivity (Wildman–Crippen MR) is 101 cm³/mol. The maximum absolute atomic E-state index is 12.7. The molecule has 0 saturated heterocycles. The molecule has 6 heteroatoms. The Balaban J connectivity index is 0.000000701. The molecule has 3 rings (SSSR count). The number of fused-ring (bicyclic) bond motifs is 1. The molecule has 0 atom stereocenters. The summed E-state index contributed by atoms with van der Waals surface area (Å²) in [4.78, 5) is 32.0. The molecule has 0 fully saturated rings. The Morgan fingerprint density at radius 1 is 1.20 bits per heavy atom. The highest BCUT2D eigenvalue weighted by Gasteiger charge is 2.27. The van der Waals surface area contributed by atoms with E-state index >= 15 is 0 Å². The Morgan fingerprint density at radius 2 is 1.88 bits per heavy atom. The zero-order valence-electron chi connectivity index (χ0n) is 15.1. The monoisotopic (exact) mass is 340 g/mol. The van der Waals surface area contributed by atoms with Gasteiger partial charge in [0.15, 0.2) is 0 Å². The maximum Gasteiger partial charge on any atom is 0.260 e. The molecule has 0 aliphatic carbocycles. The number of rotatable bonds is 2. The fourth-order valence-electron chi connectivity index (χ4n) is 2.35. The number of carbonyl (C=O) groups is 2. The minimum atomic E-state index is -0.236. The molecule has 6 nitrogen and oxygen atoms in total. The van der Waals surface area contributed by atoms with E-state index in [1.165, 1.54) is 17.5 Å². The fraction of sp³-hybridized carbons (Fsp3) is 0.316. The highest BCUT2D eigenvalue weighted by atomic mass is 16.2. The second kappa shape index (κ2) is 8.28. The first kappa shape index (κ1) is 18.4. The summed E-state index contributed by atoms with van der Waals surface area (Å²) in [6, 6.07) is 10.8. The van der Waals surface area contributed by atoms with E-state index in [0.717, 1.165) is 5.82 Å². The third-order valence-corrected chi connectivity index (χ3v) is 3.47. The number of hydrogen-bond donors (Lipinski definition) is 1. The zero-order valence-corrected chi connectivity index (χ0v) is 15.1. The summed E-state index contributed by atoms with van der Waals surface area (Å²) < 4.78 is 0. The van der Waals surface area contributed by atoms with Gasteiger partial charge in [0.05, 0.1) is 16.9 Å². The van der Waals surface area contributed by atoms with Crippen LogP contribution in [-0.2, 0) is 4.79 Å². The van der Waals surface area contributed by atoms with Crippen LogP contribution in [0.3, 0.4) is 0 Å². The third kappa shape index (κ3) is 4.35. The van der Waals surface area contributed by atoms with Gasteiger partial charge in [0.1, 0.15) is 12.4 Å². The lowest BCUT2D eigenvalue weighted by atomic mass is 10.1. The number of benzene rings is 1. The molecule has 2 heterocycles. The number of carbonyl (C=O) groups excluding carboxylic acids is 2. The molecule has 0 saturated carbocycles. The van der Waals surface area contributed by atoms with Crippen LogP contribution in [0, 0.1) is 0 Å². The molecular weight excluding hydrogens is 316 g/mol. The van der Waals surface area contributed by atoms with E-state index in [4.69, 9.17) is 0 Å². The molecule has 2 aromatic rings. The van der Waals surface area contributed by atoms with E-state index in [9.17, 15) is 9.59 Å². The van der Waals surface area contributed by atoms with Crippen LogP contribution >= 0.6 is 0 Å². The number of nitrogens with one attached hydrogen (secondary N) is 1. The summed E-state index contributed by atoms with van der Waals surface area (Å²) in [6.07, 6.45) is 2.78. The largest absolute Gasteiger partial charge is 0.363 e. The quantitative estimate of drug-likeness (QED) is 0.912. The lowest BCUT2D eigenvalue weighted by Crippen LogP contribution is -2.42. The van der Waals surface area contributed by atoms with Gasteiger partial charge in [-0.3, -0.25) is 14.5 Å². The topological polar surface area (TPSA) is 65.5 Å². The van der Waals surface area contributed by atoms with Crippen LogP contribution in [0.2, 0.25) is 0 Å². The first-order valence-electron chi connectivity index (χ1n) is 8.32.